The van der Waals surface area contributed by atoms with Gasteiger partial charge in [0.15, 0.2) is 5.71 Å². The van der Waals surface area contributed by atoms with Crippen LogP contribution in [0.15, 0.2) is 29.4 Å². The van der Waals surface area contributed by atoms with Crippen molar-refractivity contribution in [3.05, 3.63) is 34.9 Å². The van der Waals surface area contributed by atoms with E-state index in [9.17, 15) is 9.59 Å². The van der Waals surface area contributed by atoms with Crippen LogP contribution < -0.4 is 0 Å². The number of likely N-dealkylation sites (N-methyl/N-ethyl adjacent to an activating group) is 1. The average Bonchev–Trinajstić information content (AvgIpc) is 2.90. The van der Waals surface area contributed by atoms with E-state index < -0.39 is 12.1 Å². The van der Waals surface area contributed by atoms with Gasteiger partial charge in [0.1, 0.15) is 0 Å². The van der Waals surface area contributed by atoms with E-state index >= 15 is 0 Å². The van der Waals surface area contributed by atoms with Crippen molar-refractivity contribution in [1.82, 2.24) is 4.90 Å². The lowest BCUT2D eigenvalue weighted by molar-refractivity contribution is -0.141. The Morgan fingerprint density at radius 1 is 1.45 bits per heavy atom. The maximum absolute atomic E-state index is 12.1. The smallest absolute Gasteiger partial charge is 0.353 e. The van der Waals surface area contributed by atoms with Gasteiger partial charge in [-0.25, -0.2) is 4.79 Å². The van der Waals surface area contributed by atoms with E-state index in [0.29, 0.717) is 11.6 Å². The molecule has 6 nitrogen and oxygen atoms in total. The number of amides is 1. The van der Waals surface area contributed by atoms with Gasteiger partial charge in [-0.05, 0) is 17.7 Å². The largest absolute Gasteiger partial charge is 0.477 e. The van der Waals surface area contributed by atoms with Crippen LogP contribution in [-0.4, -0.2) is 40.7 Å². The van der Waals surface area contributed by atoms with Crippen LogP contribution >= 0.6 is 11.6 Å². The van der Waals surface area contributed by atoms with Gasteiger partial charge in [-0.15, -0.1) is 0 Å². The average molecular weight is 297 g/mol. The van der Waals surface area contributed by atoms with E-state index in [0.717, 1.165) is 5.56 Å². The number of benzene rings is 1. The van der Waals surface area contributed by atoms with Gasteiger partial charge < -0.3 is 14.8 Å². The van der Waals surface area contributed by atoms with Crippen LogP contribution in [0.1, 0.15) is 12.0 Å². The number of hydrogen-bond acceptors (Lipinski definition) is 4. The molecule has 0 aliphatic carbocycles. The van der Waals surface area contributed by atoms with Crippen LogP contribution in [-0.2, 0) is 21.0 Å². The summed E-state index contributed by atoms with van der Waals surface area (Å²) >= 11 is 5.79. The first-order chi connectivity index (χ1) is 9.47. The Bertz CT molecular complexity index is 556. The lowest BCUT2D eigenvalue weighted by Gasteiger charge is -2.19. The molecular weight excluding hydrogens is 284 g/mol. The van der Waals surface area contributed by atoms with Crippen molar-refractivity contribution >= 4 is 29.2 Å². The second-order valence-electron chi connectivity index (χ2n) is 4.46. The Morgan fingerprint density at radius 3 is 2.65 bits per heavy atom. The molecule has 0 aromatic heterocycles. The topological polar surface area (TPSA) is 79.2 Å². The fraction of sp³-hybridized carbons (Fsp3) is 0.308. The monoisotopic (exact) mass is 296 g/mol. The Balaban J connectivity index is 1.93. The van der Waals surface area contributed by atoms with Crippen molar-refractivity contribution in [2.45, 2.75) is 19.1 Å². The Hall–Kier alpha value is -2.08. The highest BCUT2D eigenvalue weighted by Crippen LogP contribution is 2.15. The summed E-state index contributed by atoms with van der Waals surface area (Å²) < 4.78 is 0. The lowest BCUT2D eigenvalue weighted by atomic mass is 10.1. The van der Waals surface area contributed by atoms with E-state index in [1.807, 2.05) is 12.1 Å². The highest BCUT2D eigenvalue weighted by molar-refractivity contribution is 6.36. The van der Waals surface area contributed by atoms with Crippen molar-refractivity contribution in [3.63, 3.8) is 0 Å². The molecule has 1 unspecified atom stereocenters. The number of halogens is 1. The summed E-state index contributed by atoms with van der Waals surface area (Å²) in [6.45, 7) is 0.387. The second kappa shape index (κ2) is 5.92. The third-order valence-electron chi connectivity index (χ3n) is 2.90. The molecule has 20 heavy (non-hydrogen) atoms. The van der Waals surface area contributed by atoms with Crippen molar-refractivity contribution in [2.24, 2.45) is 5.16 Å². The summed E-state index contributed by atoms with van der Waals surface area (Å²) in [5, 5.41) is 12.8. The maximum Gasteiger partial charge on any atom is 0.353 e. The molecule has 0 saturated heterocycles. The van der Waals surface area contributed by atoms with Crippen molar-refractivity contribution in [2.75, 3.05) is 7.05 Å². The minimum Gasteiger partial charge on any atom is -0.477 e. The van der Waals surface area contributed by atoms with Gasteiger partial charge >= 0.3 is 5.97 Å². The molecule has 0 fully saturated rings. The molecule has 0 spiro atoms. The number of carboxylic acid groups (broad SMARTS) is 1. The minimum absolute atomic E-state index is 0.0148. The molecule has 1 aromatic carbocycles. The molecule has 0 saturated carbocycles. The molecule has 1 amide bonds. The molecule has 1 N–H and O–H groups in total. The minimum atomic E-state index is -1.17. The molecule has 1 atom stereocenters. The Morgan fingerprint density at radius 2 is 2.10 bits per heavy atom. The van der Waals surface area contributed by atoms with Crippen LogP contribution in [0.3, 0.4) is 0 Å². The maximum atomic E-state index is 12.1. The number of carbonyl (C=O) groups excluding carboxylic acids is 1. The van der Waals surface area contributed by atoms with E-state index in [-0.39, 0.29) is 18.0 Å². The van der Waals surface area contributed by atoms with E-state index in [1.54, 1.807) is 19.2 Å². The number of carbonyl (C=O) groups is 2. The van der Waals surface area contributed by atoms with E-state index in [1.165, 1.54) is 4.90 Å². The summed E-state index contributed by atoms with van der Waals surface area (Å²) in [5.74, 6) is -1.47. The van der Waals surface area contributed by atoms with Gasteiger partial charge in [0.25, 0.3) is 5.91 Å². The highest BCUT2D eigenvalue weighted by atomic mass is 35.5. The van der Waals surface area contributed by atoms with Crippen LogP contribution in [0.5, 0.6) is 0 Å². The number of hydrogen-bond donors (Lipinski definition) is 1. The SMILES string of the molecule is CN(Cc1ccc(Cl)cc1)C(=O)C1CC(C(=O)O)=NO1. The van der Waals surface area contributed by atoms with Gasteiger partial charge in [-0.1, -0.05) is 28.9 Å². The first kappa shape index (κ1) is 14.3. The number of aliphatic carboxylic acids is 1. The second-order valence-corrected chi connectivity index (χ2v) is 4.90. The molecule has 106 valence electrons. The van der Waals surface area contributed by atoms with Crippen molar-refractivity contribution < 1.29 is 19.5 Å². The summed E-state index contributed by atoms with van der Waals surface area (Å²) in [6.07, 6.45) is -0.877. The molecule has 1 aliphatic heterocycles. The molecule has 1 heterocycles. The van der Waals surface area contributed by atoms with Crippen LogP contribution in [0.25, 0.3) is 0 Å². The van der Waals surface area contributed by atoms with Crippen LogP contribution in [0, 0.1) is 0 Å². The zero-order valence-electron chi connectivity index (χ0n) is 10.7. The first-order valence-corrected chi connectivity index (χ1v) is 6.30. The summed E-state index contributed by atoms with van der Waals surface area (Å²) in [5.41, 5.74) is 0.783. The third-order valence-corrected chi connectivity index (χ3v) is 3.15. The van der Waals surface area contributed by atoms with Gasteiger partial charge in [0, 0.05) is 25.0 Å². The Kier molecular flexibility index (Phi) is 4.24. The van der Waals surface area contributed by atoms with E-state index in [4.69, 9.17) is 21.5 Å². The fourth-order valence-corrected chi connectivity index (χ4v) is 1.95. The predicted octanol–water partition coefficient (Wildman–Crippen LogP) is 1.53. The van der Waals surface area contributed by atoms with Crippen LogP contribution in [0.2, 0.25) is 5.02 Å². The molecular formula is C13H13ClN2O4. The lowest BCUT2D eigenvalue weighted by Crippen LogP contribution is -2.36. The number of nitrogens with zero attached hydrogens (tertiary/aromatic N) is 2. The molecule has 0 bridgehead atoms. The van der Waals surface area contributed by atoms with E-state index in [2.05, 4.69) is 5.16 Å². The fourth-order valence-electron chi connectivity index (χ4n) is 1.82. The predicted molar refractivity (Wildman–Crippen MR) is 72.5 cm³/mol. The normalized spacial score (nSPS) is 17.3. The number of oxime groups is 1. The van der Waals surface area contributed by atoms with Crippen LogP contribution in [0.4, 0.5) is 0 Å². The van der Waals surface area contributed by atoms with Crippen molar-refractivity contribution in [1.29, 1.82) is 0 Å². The van der Waals surface area contributed by atoms with Gasteiger partial charge in [-0.2, -0.15) is 0 Å². The molecule has 0 radical (unpaired) electrons. The first-order valence-electron chi connectivity index (χ1n) is 5.93. The standard InChI is InChI=1S/C13H13ClN2O4/c1-16(7-8-2-4-9(14)5-3-8)12(17)11-6-10(13(18)19)15-20-11/h2-5,11H,6-7H2,1H3,(H,18,19). The van der Waals surface area contributed by atoms with Gasteiger partial charge in [0.2, 0.25) is 6.10 Å². The third kappa shape index (κ3) is 3.27. The van der Waals surface area contributed by atoms with Crippen molar-refractivity contribution in [3.8, 4) is 0 Å². The van der Waals surface area contributed by atoms with Gasteiger partial charge in [0.05, 0.1) is 0 Å². The summed E-state index contributed by atoms with van der Waals surface area (Å²) in [6, 6.07) is 7.13. The number of carboxylic acids is 1. The summed E-state index contributed by atoms with van der Waals surface area (Å²) in [4.78, 5) is 29.1. The Labute approximate surface area is 120 Å². The summed E-state index contributed by atoms with van der Waals surface area (Å²) in [7, 11) is 1.62. The molecule has 1 aromatic rings. The molecule has 1 aliphatic rings. The highest BCUT2D eigenvalue weighted by Gasteiger charge is 2.33. The quantitative estimate of drug-likeness (QED) is 0.914. The molecule has 2 rings (SSSR count). The number of rotatable bonds is 4. The zero-order chi connectivity index (χ0) is 14.7. The van der Waals surface area contributed by atoms with Gasteiger partial charge in [-0.3, -0.25) is 4.79 Å². The zero-order valence-corrected chi connectivity index (χ0v) is 11.5. The molecule has 7 heteroatoms.